The molecule has 2 amide bonds. The molecule has 1 heterocycles. The minimum atomic E-state index is -0.147. The second-order valence-electron chi connectivity index (χ2n) is 7.59. The molecule has 1 aliphatic rings. The fourth-order valence-electron chi connectivity index (χ4n) is 3.46. The number of benzene rings is 2. The van der Waals surface area contributed by atoms with E-state index in [1.807, 2.05) is 37.3 Å². The second-order valence-corrected chi connectivity index (χ2v) is 7.59. The number of anilines is 2. The van der Waals surface area contributed by atoms with Crippen LogP contribution in [-0.2, 0) is 4.79 Å². The van der Waals surface area contributed by atoms with Crippen molar-refractivity contribution in [2.45, 2.75) is 33.1 Å². The average Bonchev–Trinajstić information content (AvgIpc) is 2.69. The van der Waals surface area contributed by atoms with Crippen LogP contribution in [0.15, 0.2) is 48.5 Å². The van der Waals surface area contributed by atoms with Crippen LogP contribution in [0.5, 0.6) is 0 Å². The maximum atomic E-state index is 12.2. The summed E-state index contributed by atoms with van der Waals surface area (Å²) in [4.78, 5) is 26.7. The van der Waals surface area contributed by atoms with Gasteiger partial charge in [-0.3, -0.25) is 9.59 Å². The molecule has 1 aliphatic heterocycles. The zero-order chi connectivity index (χ0) is 19.9. The molecule has 3 rings (SSSR count). The van der Waals surface area contributed by atoms with E-state index in [1.54, 1.807) is 6.07 Å². The standard InChI is InChI=1S/C23H29N3O2/c1-17-12-15-26(16-13-17)20-9-7-19(8-10-20)25-22(27)11-14-24-23(28)21-6-4-3-5-18(21)2/h3-10,17H,11-16H2,1-2H3,(H,24,28)(H,25,27). The third kappa shape index (κ3) is 5.35. The fraction of sp³-hybridized carbons (Fsp3) is 0.391. The van der Waals surface area contributed by atoms with Crippen LogP contribution in [0.3, 0.4) is 0 Å². The Hall–Kier alpha value is -2.82. The maximum absolute atomic E-state index is 12.2. The van der Waals surface area contributed by atoms with Crippen LogP contribution in [0.2, 0.25) is 0 Å². The first-order valence-electron chi connectivity index (χ1n) is 10.0. The molecule has 5 nitrogen and oxygen atoms in total. The van der Waals surface area contributed by atoms with Gasteiger partial charge in [-0.15, -0.1) is 0 Å². The molecule has 0 spiro atoms. The molecule has 2 N–H and O–H groups in total. The summed E-state index contributed by atoms with van der Waals surface area (Å²) in [5.41, 5.74) is 3.55. The van der Waals surface area contributed by atoms with Crippen LogP contribution in [0.4, 0.5) is 11.4 Å². The van der Waals surface area contributed by atoms with Crippen LogP contribution in [0, 0.1) is 12.8 Å². The SMILES string of the molecule is Cc1ccccc1C(=O)NCCC(=O)Nc1ccc(N2CCC(C)CC2)cc1. The summed E-state index contributed by atoms with van der Waals surface area (Å²) in [6, 6.07) is 15.4. The zero-order valence-corrected chi connectivity index (χ0v) is 16.7. The molecule has 0 aromatic heterocycles. The van der Waals surface area contributed by atoms with Crippen LogP contribution in [0.25, 0.3) is 0 Å². The monoisotopic (exact) mass is 379 g/mol. The van der Waals surface area contributed by atoms with Gasteiger partial charge in [0, 0.05) is 43.0 Å². The van der Waals surface area contributed by atoms with Gasteiger partial charge in [-0.05, 0) is 61.6 Å². The summed E-state index contributed by atoms with van der Waals surface area (Å²) in [5, 5.41) is 5.70. The summed E-state index contributed by atoms with van der Waals surface area (Å²) < 4.78 is 0. The van der Waals surface area contributed by atoms with Gasteiger partial charge < -0.3 is 15.5 Å². The van der Waals surface area contributed by atoms with Crippen LogP contribution in [-0.4, -0.2) is 31.4 Å². The van der Waals surface area contributed by atoms with Gasteiger partial charge in [-0.25, -0.2) is 0 Å². The van der Waals surface area contributed by atoms with Gasteiger partial charge >= 0.3 is 0 Å². The third-order valence-electron chi connectivity index (χ3n) is 5.33. The Morgan fingerprint density at radius 1 is 1.04 bits per heavy atom. The summed E-state index contributed by atoms with van der Waals surface area (Å²) >= 11 is 0. The van der Waals surface area contributed by atoms with Gasteiger partial charge in [0.05, 0.1) is 0 Å². The van der Waals surface area contributed by atoms with E-state index in [9.17, 15) is 9.59 Å². The van der Waals surface area contributed by atoms with Crippen molar-refractivity contribution in [2.75, 3.05) is 29.9 Å². The lowest BCUT2D eigenvalue weighted by molar-refractivity contribution is -0.116. The molecule has 28 heavy (non-hydrogen) atoms. The van der Waals surface area contributed by atoms with Crippen LogP contribution < -0.4 is 15.5 Å². The van der Waals surface area contributed by atoms with Crippen molar-refractivity contribution in [1.29, 1.82) is 0 Å². The topological polar surface area (TPSA) is 61.4 Å². The Kier molecular flexibility index (Phi) is 6.69. The van der Waals surface area contributed by atoms with Crippen molar-refractivity contribution in [3.63, 3.8) is 0 Å². The van der Waals surface area contributed by atoms with Crippen molar-refractivity contribution in [3.05, 3.63) is 59.7 Å². The highest BCUT2D eigenvalue weighted by Gasteiger charge is 2.16. The minimum absolute atomic E-state index is 0.107. The maximum Gasteiger partial charge on any atom is 0.251 e. The molecule has 2 aromatic carbocycles. The predicted octanol–water partition coefficient (Wildman–Crippen LogP) is 3.99. The van der Waals surface area contributed by atoms with Crippen molar-refractivity contribution in [3.8, 4) is 0 Å². The molecule has 0 unspecified atom stereocenters. The van der Waals surface area contributed by atoms with Gasteiger partial charge in [0.1, 0.15) is 0 Å². The molecule has 2 aromatic rings. The Labute approximate surface area is 167 Å². The van der Waals surface area contributed by atoms with E-state index in [-0.39, 0.29) is 18.2 Å². The summed E-state index contributed by atoms with van der Waals surface area (Å²) in [6.07, 6.45) is 2.70. The first-order chi connectivity index (χ1) is 13.5. The number of carbonyl (C=O) groups is 2. The highest BCUT2D eigenvalue weighted by Crippen LogP contribution is 2.24. The lowest BCUT2D eigenvalue weighted by Crippen LogP contribution is -2.32. The predicted molar refractivity (Wildman–Crippen MR) is 114 cm³/mol. The Bertz CT molecular complexity index is 809. The first-order valence-corrected chi connectivity index (χ1v) is 10.0. The van der Waals surface area contributed by atoms with E-state index in [4.69, 9.17) is 0 Å². The molecule has 0 saturated carbocycles. The number of nitrogens with one attached hydrogen (secondary N) is 2. The quantitative estimate of drug-likeness (QED) is 0.798. The molecule has 0 atom stereocenters. The number of piperidine rings is 1. The zero-order valence-electron chi connectivity index (χ0n) is 16.7. The molecule has 5 heteroatoms. The van der Waals surface area contributed by atoms with Gasteiger partial charge in [0.15, 0.2) is 0 Å². The van der Waals surface area contributed by atoms with Crippen molar-refractivity contribution >= 4 is 23.2 Å². The van der Waals surface area contributed by atoms with E-state index in [1.165, 1.54) is 18.5 Å². The number of hydrogen-bond donors (Lipinski definition) is 2. The lowest BCUT2D eigenvalue weighted by Gasteiger charge is -2.32. The van der Waals surface area contributed by atoms with E-state index in [0.717, 1.165) is 30.3 Å². The van der Waals surface area contributed by atoms with Crippen molar-refractivity contribution in [2.24, 2.45) is 5.92 Å². The van der Waals surface area contributed by atoms with E-state index in [0.29, 0.717) is 12.1 Å². The summed E-state index contributed by atoms with van der Waals surface area (Å²) in [6.45, 7) is 6.69. The Morgan fingerprint density at radius 2 is 1.71 bits per heavy atom. The Morgan fingerprint density at radius 3 is 2.39 bits per heavy atom. The lowest BCUT2D eigenvalue weighted by atomic mass is 9.99. The van der Waals surface area contributed by atoms with Gasteiger partial charge in [0.25, 0.3) is 5.91 Å². The number of rotatable bonds is 6. The molecular weight excluding hydrogens is 350 g/mol. The third-order valence-corrected chi connectivity index (χ3v) is 5.33. The number of nitrogens with zero attached hydrogens (tertiary/aromatic N) is 1. The summed E-state index contributed by atoms with van der Waals surface area (Å²) in [7, 11) is 0. The number of hydrogen-bond acceptors (Lipinski definition) is 3. The molecule has 0 bridgehead atoms. The highest BCUT2D eigenvalue weighted by atomic mass is 16.2. The normalized spacial score (nSPS) is 14.6. The van der Waals surface area contributed by atoms with Crippen molar-refractivity contribution in [1.82, 2.24) is 5.32 Å². The minimum Gasteiger partial charge on any atom is -0.372 e. The highest BCUT2D eigenvalue weighted by molar-refractivity contribution is 5.96. The average molecular weight is 380 g/mol. The molecular formula is C23H29N3O2. The van der Waals surface area contributed by atoms with Crippen molar-refractivity contribution < 1.29 is 9.59 Å². The van der Waals surface area contributed by atoms with E-state index < -0.39 is 0 Å². The first kappa shape index (κ1) is 19.9. The fourth-order valence-corrected chi connectivity index (χ4v) is 3.46. The van der Waals surface area contributed by atoms with E-state index >= 15 is 0 Å². The molecule has 1 saturated heterocycles. The number of carbonyl (C=O) groups excluding carboxylic acids is 2. The van der Waals surface area contributed by atoms with E-state index in [2.05, 4.69) is 34.6 Å². The molecule has 1 fully saturated rings. The second kappa shape index (κ2) is 9.40. The van der Waals surface area contributed by atoms with Crippen LogP contribution >= 0.6 is 0 Å². The molecule has 148 valence electrons. The molecule has 0 radical (unpaired) electrons. The van der Waals surface area contributed by atoms with Gasteiger partial charge in [-0.2, -0.15) is 0 Å². The Balaban J connectivity index is 1.43. The molecule has 0 aliphatic carbocycles. The largest absolute Gasteiger partial charge is 0.372 e. The smallest absolute Gasteiger partial charge is 0.251 e. The summed E-state index contributed by atoms with van der Waals surface area (Å²) in [5.74, 6) is 0.553. The number of amides is 2. The van der Waals surface area contributed by atoms with Gasteiger partial charge in [0.2, 0.25) is 5.91 Å². The van der Waals surface area contributed by atoms with Crippen LogP contribution in [0.1, 0.15) is 42.1 Å². The van der Waals surface area contributed by atoms with Gasteiger partial charge in [-0.1, -0.05) is 25.1 Å². The number of aryl methyl sites for hydroxylation is 1.